The molecule has 0 aliphatic heterocycles. The zero-order valence-corrected chi connectivity index (χ0v) is 9.94. The van der Waals surface area contributed by atoms with Gasteiger partial charge in [0.1, 0.15) is 5.75 Å². The quantitative estimate of drug-likeness (QED) is 0.878. The summed E-state index contributed by atoms with van der Waals surface area (Å²) in [6, 6.07) is 8.15. The summed E-state index contributed by atoms with van der Waals surface area (Å²) in [7, 11) is 1.68. The van der Waals surface area contributed by atoms with Gasteiger partial charge in [0.2, 0.25) is 0 Å². The van der Waals surface area contributed by atoms with Crippen LogP contribution in [0.25, 0.3) is 10.9 Å². The third kappa shape index (κ3) is 1.87. The second-order valence-electron chi connectivity index (χ2n) is 4.57. The van der Waals surface area contributed by atoms with E-state index in [-0.39, 0.29) is 0 Å². The average Bonchev–Trinajstić information content (AvgIpc) is 3.20. The van der Waals surface area contributed by atoms with Gasteiger partial charge in [-0.2, -0.15) is 0 Å². The fourth-order valence-electron chi connectivity index (χ4n) is 2.19. The number of hydrogen-bond donors (Lipinski definition) is 1. The molecule has 0 bridgehead atoms. The summed E-state index contributed by atoms with van der Waals surface area (Å²) in [5, 5.41) is 1.14. The minimum absolute atomic E-state index is 0.561. The minimum Gasteiger partial charge on any atom is -0.497 e. The van der Waals surface area contributed by atoms with Gasteiger partial charge >= 0.3 is 0 Å². The molecule has 2 N–H and O–H groups in total. The molecule has 1 aromatic heterocycles. The number of pyridine rings is 1. The van der Waals surface area contributed by atoms with Crippen molar-refractivity contribution >= 4 is 10.9 Å². The van der Waals surface area contributed by atoms with Crippen molar-refractivity contribution in [1.82, 2.24) is 4.98 Å². The van der Waals surface area contributed by atoms with Gasteiger partial charge in [-0.3, -0.25) is 4.98 Å². The highest BCUT2D eigenvalue weighted by atomic mass is 16.5. The van der Waals surface area contributed by atoms with Gasteiger partial charge < -0.3 is 10.5 Å². The van der Waals surface area contributed by atoms with E-state index in [9.17, 15) is 0 Å². The van der Waals surface area contributed by atoms with Crippen LogP contribution in [0.1, 0.15) is 30.0 Å². The van der Waals surface area contributed by atoms with E-state index < -0.39 is 0 Å². The van der Waals surface area contributed by atoms with Crippen LogP contribution in [0.4, 0.5) is 0 Å². The van der Waals surface area contributed by atoms with E-state index in [4.69, 9.17) is 15.5 Å². The van der Waals surface area contributed by atoms with Crippen LogP contribution in [0.15, 0.2) is 24.3 Å². The van der Waals surface area contributed by atoms with E-state index >= 15 is 0 Å². The summed E-state index contributed by atoms with van der Waals surface area (Å²) >= 11 is 0. The number of hydrogen-bond acceptors (Lipinski definition) is 3. The Labute approximate surface area is 101 Å². The Balaban J connectivity index is 2.21. The highest BCUT2D eigenvalue weighted by molar-refractivity contribution is 5.83. The number of nitrogens with zero attached hydrogens (tertiary/aromatic N) is 1. The molecule has 0 radical (unpaired) electrons. The smallest absolute Gasteiger partial charge is 0.121 e. The first-order valence-electron chi connectivity index (χ1n) is 5.99. The molecule has 17 heavy (non-hydrogen) atoms. The van der Waals surface area contributed by atoms with Crippen LogP contribution in [-0.2, 0) is 6.54 Å². The predicted molar refractivity (Wildman–Crippen MR) is 68.2 cm³/mol. The molecule has 2 aromatic rings. The fraction of sp³-hybridized carbons (Fsp3) is 0.357. The first-order chi connectivity index (χ1) is 8.31. The minimum atomic E-state index is 0.561. The summed E-state index contributed by atoms with van der Waals surface area (Å²) in [6.07, 6.45) is 2.51. The number of nitrogens with two attached hydrogens (primary N) is 1. The molecule has 1 saturated carbocycles. The van der Waals surface area contributed by atoms with Crippen molar-refractivity contribution in [2.75, 3.05) is 7.11 Å². The highest BCUT2D eigenvalue weighted by Crippen LogP contribution is 2.40. The standard InChI is InChI=1S/C14H16N2O/c1-17-11-4-5-12-10(8-15)6-13(9-2-3-9)16-14(12)7-11/h4-7,9H,2-3,8,15H2,1H3. The molecule has 0 atom stereocenters. The Kier molecular flexibility index (Phi) is 2.48. The predicted octanol–water partition coefficient (Wildman–Crippen LogP) is 2.58. The van der Waals surface area contributed by atoms with E-state index in [0.717, 1.165) is 16.7 Å². The molecule has 1 aromatic carbocycles. The van der Waals surface area contributed by atoms with Crippen LogP contribution in [0, 0.1) is 0 Å². The summed E-state index contributed by atoms with van der Waals surface area (Å²) < 4.78 is 5.24. The third-order valence-electron chi connectivity index (χ3n) is 3.34. The van der Waals surface area contributed by atoms with Gasteiger partial charge in [0, 0.05) is 29.6 Å². The van der Waals surface area contributed by atoms with E-state index in [1.807, 2.05) is 18.2 Å². The highest BCUT2D eigenvalue weighted by Gasteiger charge is 2.25. The number of rotatable bonds is 3. The molecule has 1 aliphatic rings. The van der Waals surface area contributed by atoms with Crippen molar-refractivity contribution in [3.05, 3.63) is 35.5 Å². The van der Waals surface area contributed by atoms with Gasteiger partial charge in [-0.05, 0) is 36.6 Å². The lowest BCUT2D eigenvalue weighted by molar-refractivity contribution is 0.415. The lowest BCUT2D eigenvalue weighted by atomic mass is 10.1. The van der Waals surface area contributed by atoms with E-state index in [0.29, 0.717) is 12.5 Å². The summed E-state index contributed by atoms with van der Waals surface area (Å²) in [5.74, 6) is 1.50. The SMILES string of the molecule is COc1ccc2c(CN)cc(C3CC3)nc2c1. The lowest BCUT2D eigenvalue weighted by Gasteiger charge is -2.09. The molecule has 1 heterocycles. The Bertz CT molecular complexity index is 561. The second-order valence-corrected chi connectivity index (χ2v) is 4.57. The van der Waals surface area contributed by atoms with Gasteiger partial charge in [0.05, 0.1) is 12.6 Å². The molecule has 88 valence electrons. The van der Waals surface area contributed by atoms with Gasteiger partial charge in [-0.15, -0.1) is 0 Å². The average molecular weight is 228 g/mol. The van der Waals surface area contributed by atoms with Crippen molar-refractivity contribution < 1.29 is 4.74 Å². The van der Waals surface area contributed by atoms with Gasteiger partial charge in [0.15, 0.2) is 0 Å². The van der Waals surface area contributed by atoms with E-state index in [1.165, 1.54) is 24.1 Å². The van der Waals surface area contributed by atoms with Crippen LogP contribution >= 0.6 is 0 Å². The molecule has 3 nitrogen and oxygen atoms in total. The third-order valence-corrected chi connectivity index (χ3v) is 3.34. The number of methoxy groups -OCH3 is 1. The molecule has 0 spiro atoms. The zero-order chi connectivity index (χ0) is 11.8. The molecule has 0 saturated heterocycles. The van der Waals surface area contributed by atoms with Crippen molar-refractivity contribution in [2.45, 2.75) is 25.3 Å². The number of ether oxygens (including phenoxy) is 1. The molecule has 1 aliphatic carbocycles. The first-order valence-corrected chi connectivity index (χ1v) is 5.99. The number of aromatic nitrogens is 1. The molecule has 0 unspecified atom stereocenters. The topological polar surface area (TPSA) is 48.1 Å². The number of benzene rings is 1. The van der Waals surface area contributed by atoms with E-state index in [1.54, 1.807) is 7.11 Å². The molecule has 3 rings (SSSR count). The molecule has 0 amide bonds. The molecular weight excluding hydrogens is 212 g/mol. The van der Waals surface area contributed by atoms with Gasteiger partial charge in [-0.25, -0.2) is 0 Å². The Morgan fingerprint density at radius 1 is 1.35 bits per heavy atom. The largest absolute Gasteiger partial charge is 0.497 e. The molecule has 1 fully saturated rings. The second kappa shape index (κ2) is 4.00. The maximum absolute atomic E-state index is 5.82. The van der Waals surface area contributed by atoms with Gasteiger partial charge in [0.25, 0.3) is 0 Å². The van der Waals surface area contributed by atoms with Crippen molar-refractivity contribution in [1.29, 1.82) is 0 Å². The van der Waals surface area contributed by atoms with Gasteiger partial charge in [-0.1, -0.05) is 0 Å². The number of fused-ring (bicyclic) bond motifs is 1. The Hall–Kier alpha value is -1.61. The van der Waals surface area contributed by atoms with Crippen molar-refractivity contribution in [2.24, 2.45) is 5.73 Å². The van der Waals surface area contributed by atoms with Crippen LogP contribution < -0.4 is 10.5 Å². The summed E-state index contributed by atoms with van der Waals surface area (Å²) in [5.41, 5.74) is 9.18. The van der Waals surface area contributed by atoms with Crippen LogP contribution in [-0.4, -0.2) is 12.1 Å². The normalized spacial score (nSPS) is 15.2. The maximum Gasteiger partial charge on any atom is 0.121 e. The fourth-order valence-corrected chi connectivity index (χ4v) is 2.19. The monoisotopic (exact) mass is 228 g/mol. The summed E-state index contributed by atoms with van der Waals surface area (Å²) in [6.45, 7) is 0.561. The Morgan fingerprint density at radius 2 is 2.18 bits per heavy atom. The van der Waals surface area contributed by atoms with Crippen molar-refractivity contribution in [3.63, 3.8) is 0 Å². The first kappa shape index (κ1) is 10.5. The van der Waals surface area contributed by atoms with Crippen LogP contribution in [0.5, 0.6) is 5.75 Å². The van der Waals surface area contributed by atoms with Crippen LogP contribution in [0.3, 0.4) is 0 Å². The molecular formula is C14H16N2O. The van der Waals surface area contributed by atoms with Crippen LogP contribution in [0.2, 0.25) is 0 Å². The summed E-state index contributed by atoms with van der Waals surface area (Å²) in [4.78, 5) is 4.72. The lowest BCUT2D eigenvalue weighted by Crippen LogP contribution is -2.01. The molecule has 3 heteroatoms. The Morgan fingerprint density at radius 3 is 2.82 bits per heavy atom. The maximum atomic E-state index is 5.82. The van der Waals surface area contributed by atoms with E-state index in [2.05, 4.69) is 6.07 Å². The zero-order valence-electron chi connectivity index (χ0n) is 9.94. The van der Waals surface area contributed by atoms with Crippen molar-refractivity contribution in [3.8, 4) is 5.75 Å².